The van der Waals surface area contributed by atoms with E-state index < -0.39 is 0 Å². The summed E-state index contributed by atoms with van der Waals surface area (Å²) in [5.74, 6) is 0.933. The molecule has 31 heavy (non-hydrogen) atoms. The highest BCUT2D eigenvalue weighted by molar-refractivity contribution is 7.10. The average Bonchev–Trinajstić information content (AvgIpc) is 3.50. The van der Waals surface area contributed by atoms with Crippen molar-refractivity contribution in [3.8, 4) is 11.3 Å². The van der Waals surface area contributed by atoms with Crippen LogP contribution in [0, 0.1) is 0 Å². The van der Waals surface area contributed by atoms with E-state index in [1.807, 2.05) is 47.0 Å². The fourth-order valence-corrected chi connectivity index (χ4v) is 4.57. The van der Waals surface area contributed by atoms with Gasteiger partial charge in [-0.3, -0.25) is 9.30 Å². The smallest absolute Gasteiger partial charge is 0.322 e. The van der Waals surface area contributed by atoms with Gasteiger partial charge in [-0.1, -0.05) is 30.7 Å². The van der Waals surface area contributed by atoms with Gasteiger partial charge in [0, 0.05) is 35.3 Å². The van der Waals surface area contributed by atoms with E-state index in [0.29, 0.717) is 24.7 Å². The zero-order valence-electron chi connectivity index (χ0n) is 16.9. The summed E-state index contributed by atoms with van der Waals surface area (Å²) in [5.41, 5.74) is 4.67. The number of hydrogen-bond donors (Lipinski definition) is 2. The first-order valence-electron chi connectivity index (χ1n) is 10.1. The van der Waals surface area contributed by atoms with Gasteiger partial charge in [0.25, 0.3) is 0 Å². The molecule has 1 fully saturated rings. The highest BCUT2D eigenvalue weighted by atomic mass is 35.5. The van der Waals surface area contributed by atoms with Crippen molar-refractivity contribution in [1.29, 1.82) is 0 Å². The van der Waals surface area contributed by atoms with Crippen LogP contribution in [0.25, 0.3) is 16.9 Å². The summed E-state index contributed by atoms with van der Waals surface area (Å²) in [4.78, 5) is 23.3. The second-order valence-electron chi connectivity index (χ2n) is 7.25. The summed E-state index contributed by atoms with van der Waals surface area (Å²) < 4.78 is 2.02. The third-order valence-corrected chi connectivity index (χ3v) is 6.38. The number of hydrogen-bond acceptors (Lipinski definition) is 5. The van der Waals surface area contributed by atoms with E-state index in [1.165, 1.54) is 0 Å². The molecule has 1 aliphatic heterocycles. The molecular formula is C22H21ClN6OS. The molecule has 0 bridgehead atoms. The minimum atomic E-state index is -0.0674. The standard InChI is InChI=1S/C22H21ClN6OS/c1-2-17-21(25-11-20-27-18(13-31-20)14-3-5-15(23)6-4-14)29-12-16(7-8-19(29)26-17)28-10-9-24-22(28)30/h3-8,12-13,25H,2,9-11H2,1H3,(H,24,30). The van der Waals surface area contributed by atoms with Gasteiger partial charge < -0.3 is 10.6 Å². The zero-order valence-corrected chi connectivity index (χ0v) is 18.5. The Bertz CT molecular complexity index is 1250. The second-order valence-corrected chi connectivity index (χ2v) is 8.63. The van der Waals surface area contributed by atoms with Gasteiger partial charge in [0.05, 0.1) is 23.6 Å². The summed E-state index contributed by atoms with van der Waals surface area (Å²) in [6.07, 6.45) is 2.77. The zero-order chi connectivity index (χ0) is 21.4. The third kappa shape index (κ3) is 3.84. The lowest BCUT2D eigenvalue weighted by Crippen LogP contribution is -2.27. The summed E-state index contributed by atoms with van der Waals surface area (Å²) in [6, 6.07) is 11.5. The number of fused-ring (bicyclic) bond motifs is 1. The Morgan fingerprint density at radius 2 is 2.03 bits per heavy atom. The van der Waals surface area contributed by atoms with Crippen LogP contribution in [0.2, 0.25) is 5.02 Å². The molecule has 0 saturated carbocycles. The van der Waals surface area contributed by atoms with Gasteiger partial charge in [-0.25, -0.2) is 14.8 Å². The first-order valence-corrected chi connectivity index (χ1v) is 11.4. The van der Waals surface area contributed by atoms with Gasteiger partial charge >= 0.3 is 6.03 Å². The molecule has 9 heteroatoms. The summed E-state index contributed by atoms with van der Waals surface area (Å²) >= 11 is 7.60. The topological polar surface area (TPSA) is 74.6 Å². The highest BCUT2D eigenvalue weighted by Gasteiger charge is 2.22. The van der Waals surface area contributed by atoms with Crippen LogP contribution >= 0.6 is 22.9 Å². The predicted molar refractivity (Wildman–Crippen MR) is 125 cm³/mol. The molecule has 0 aliphatic carbocycles. The van der Waals surface area contributed by atoms with Crippen LogP contribution in [0.4, 0.5) is 16.3 Å². The number of pyridine rings is 1. The second kappa shape index (κ2) is 8.20. The van der Waals surface area contributed by atoms with E-state index in [0.717, 1.165) is 45.5 Å². The van der Waals surface area contributed by atoms with Crippen LogP contribution in [0.5, 0.6) is 0 Å². The number of urea groups is 1. The number of anilines is 2. The van der Waals surface area contributed by atoms with Gasteiger partial charge in [0.1, 0.15) is 16.5 Å². The third-order valence-electron chi connectivity index (χ3n) is 5.28. The molecule has 0 radical (unpaired) electrons. The molecule has 1 aromatic carbocycles. The van der Waals surface area contributed by atoms with Crippen LogP contribution < -0.4 is 15.5 Å². The first kappa shape index (κ1) is 19.8. The maximum atomic E-state index is 12.1. The molecule has 2 N–H and O–H groups in total. The largest absolute Gasteiger partial charge is 0.363 e. The predicted octanol–water partition coefficient (Wildman–Crippen LogP) is 4.82. The van der Waals surface area contributed by atoms with Crippen molar-refractivity contribution in [2.24, 2.45) is 0 Å². The molecule has 4 aromatic rings. The van der Waals surface area contributed by atoms with Gasteiger partial charge in [0.15, 0.2) is 0 Å². The first-order chi connectivity index (χ1) is 15.1. The van der Waals surface area contributed by atoms with Crippen molar-refractivity contribution in [2.75, 3.05) is 23.3 Å². The number of amides is 2. The van der Waals surface area contributed by atoms with E-state index in [2.05, 4.69) is 22.9 Å². The normalized spacial score (nSPS) is 13.7. The number of imidazole rings is 1. The number of nitrogens with zero attached hydrogens (tertiary/aromatic N) is 4. The van der Waals surface area contributed by atoms with Gasteiger partial charge in [-0.2, -0.15) is 0 Å². The van der Waals surface area contributed by atoms with Crippen molar-refractivity contribution >= 4 is 46.1 Å². The molecule has 0 atom stereocenters. The lowest BCUT2D eigenvalue weighted by molar-refractivity contribution is 0.252. The minimum Gasteiger partial charge on any atom is -0.363 e. The number of carbonyl (C=O) groups excluding carboxylic acids is 1. The van der Waals surface area contributed by atoms with Crippen LogP contribution in [0.3, 0.4) is 0 Å². The van der Waals surface area contributed by atoms with E-state index >= 15 is 0 Å². The van der Waals surface area contributed by atoms with Crippen molar-refractivity contribution in [3.05, 3.63) is 63.7 Å². The number of benzene rings is 1. The molecule has 2 amide bonds. The lowest BCUT2D eigenvalue weighted by atomic mass is 10.2. The quantitative estimate of drug-likeness (QED) is 0.440. The Labute approximate surface area is 188 Å². The molecule has 0 unspecified atom stereocenters. The summed E-state index contributed by atoms with van der Waals surface area (Å²) in [5, 5.41) is 10.1. The Balaban J connectivity index is 1.40. The van der Waals surface area contributed by atoms with E-state index in [1.54, 1.807) is 16.2 Å². The number of nitrogens with one attached hydrogen (secondary N) is 2. The average molecular weight is 453 g/mol. The number of carbonyl (C=O) groups is 1. The van der Waals surface area contributed by atoms with Crippen molar-refractivity contribution in [1.82, 2.24) is 19.7 Å². The van der Waals surface area contributed by atoms with Gasteiger partial charge in [-0.05, 0) is 30.7 Å². The maximum Gasteiger partial charge on any atom is 0.322 e. The van der Waals surface area contributed by atoms with Crippen LogP contribution in [0.1, 0.15) is 17.6 Å². The molecule has 1 saturated heterocycles. The fraction of sp³-hybridized carbons (Fsp3) is 0.227. The number of thiazole rings is 1. The summed E-state index contributed by atoms with van der Waals surface area (Å²) in [7, 11) is 0. The molecule has 3 aromatic heterocycles. The number of halogens is 1. The van der Waals surface area contributed by atoms with E-state index in [-0.39, 0.29) is 6.03 Å². The van der Waals surface area contributed by atoms with E-state index in [4.69, 9.17) is 21.6 Å². The van der Waals surface area contributed by atoms with Crippen LogP contribution in [0.15, 0.2) is 48.0 Å². The molecular weight excluding hydrogens is 432 g/mol. The van der Waals surface area contributed by atoms with Gasteiger partial charge in [0.2, 0.25) is 0 Å². The van der Waals surface area contributed by atoms with Crippen LogP contribution in [-0.4, -0.2) is 33.5 Å². The SMILES string of the molecule is CCc1nc2ccc(N3CCNC3=O)cn2c1NCc1nc(-c2ccc(Cl)cc2)cs1. The number of rotatable bonds is 6. The number of aryl methyl sites for hydroxylation is 1. The molecule has 4 heterocycles. The fourth-order valence-electron chi connectivity index (χ4n) is 3.70. The lowest BCUT2D eigenvalue weighted by Gasteiger charge is -2.15. The monoisotopic (exact) mass is 452 g/mol. The molecule has 1 aliphatic rings. The van der Waals surface area contributed by atoms with Crippen molar-refractivity contribution < 1.29 is 4.79 Å². The Kier molecular flexibility index (Phi) is 5.25. The van der Waals surface area contributed by atoms with Crippen molar-refractivity contribution in [3.63, 3.8) is 0 Å². The van der Waals surface area contributed by atoms with E-state index in [9.17, 15) is 4.79 Å². The molecule has 0 spiro atoms. The highest BCUT2D eigenvalue weighted by Crippen LogP contribution is 2.27. The molecule has 5 rings (SSSR count). The van der Waals surface area contributed by atoms with Crippen LogP contribution in [-0.2, 0) is 13.0 Å². The Morgan fingerprint density at radius 3 is 2.77 bits per heavy atom. The maximum absolute atomic E-state index is 12.1. The summed E-state index contributed by atoms with van der Waals surface area (Å²) in [6.45, 7) is 4.00. The molecule has 158 valence electrons. The minimum absolute atomic E-state index is 0.0674. The molecule has 7 nitrogen and oxygen atoms in total. The van der Waals surface area contributed by atoms with Crippen molar-refractivity contribution in [2.45, 2.75) is 19.9 Å². The Morgan fingerprint density at radius 1 is 1.19 bits per heavy atom. The van der Waals surface area contributed by atoms with Gasteiger partial charge in [-0.15, -0.1) is 11.3 Å². The Hall–Kier alpha value is -3.10. The number of aromatic nitrogens is 3.